The van der Waals surface area contributed by atoms with Gasteiger partial charge in [-0.15, -0.1) is 0 Å². The Bertz CT molecular complexity index is 1400. The molecule has 0 spiro atoms. The number of rotatable bonds is 13. The van der Waals surface area contributed by atoms with Crippen molar-refractivity contribution in [2.45, 2.75) is 38.3 Å². The van der Waals surface area contributed by atoms with E-state index in [2.05, 4.69) is 5.32 Å². The Hall–Kier alpha value is -4.05. The first-order valence-corrected chi connectivity index (χ1v) is 14.4. The zero-order chi connectivity index (χ0) is 29.3. The molecule has 1 N–H and O–H groups in total. The molecule has 214 valence electrons. The van der Waals surface area contributed by atoms with Crippen molar-refractivity contribution in [2.75, 3.05) is 31.6 Å². The minimum atomic E-state index is -4.18. The van der Waals surface area contributed by atoms with Crippen LogP contribution in [0.15, 0.2) is 83.8 Å². The van der Waals surface area contributed by atoms with E-state index in [1.807, 2.05) is 19.9 Å². The normalized spacial score (nSPS) is 11.9. The van der Waals surface area contributed by atoms with Crippen molar-refractivity contribution in [1.82, 2.24) is 10.2 Å². The summed E-state index contributed by atoms with van der Waals surface area (Å²) >= 11 is 0. The molecule has 40 heavy (non-hydrogen) atoms. The number of amides is 2. The first-order chi connectivity index (χ1) is 19.1. The molecule has 0 saturated carbocycles. The highest BCUT2D eigenvalue weighted by molar-refractivity contribution is 7.92. The summed E-state index contributed by atoms with van der Waals surface area (Å²) in [5, 5.41) is 2.88. The molecule has 0 radical (unpaired) electrons. The number of nitrogens with zero attached hydrogens (tertiary/aromatic N) is 2. The molecule has 3 aromatic carbocycles. The predicted molar refractivity (Wildman–Crippen MR) is 155 cm³/mol. The number of anilines is 1. The monoisotopic (exact) mass is 567 g/mol. The molecule has 0 aliphatic rings. The topological polar surface area (TPSA) is 105 Å². The first-order valence-electron chi connectivity index (χ1n) is 13.0. The van der Waals surface area contributed by atoms with Gasteiger partial charge < -0.3 is 19.7 Å². The van der Waals surface area contributed by atoms with Crippen LogP contribution in [0.5, 0.6) is 11.5 Å². The van der Waals surface area contributed by atoms with E-state index < -0.39 is 28.5 Å². The maximum atomic E-state index is 14.0. The number of sulfonamides is 1. The molecule has 0 fully saturated rings. The lowest BCUT2D eigenvalue weighted by atomic mass is 10.1. The molecule has 10 heteroatoms. The molecule has 0 unspecified atom stereocenters. The molecule has 1 atom stereocenters. The van der Waals surface area contributed by atoms with E-state index in [0.717, 1.165) is 9.87 Å². The third-order valence-corrected chi connectivity index (χ3v) is 8.08. The molecule has 0 bridgehead atoms. The standard InChI is InChI=1S/C30H37N3O6S/c1-22(2)19-31-30(35)23(3)32(20-24-12-11-13-25(18-24)38-4)29(34)21-33(27-16-9-10-17-28(27)39-5)40(36,37)26-14-7-6-8-15-26/h6-18,22-23H,19-21H2,1-5H3,(H,31,35)/t23-/m1/s1. The average molecular weight is 568 g/mol. The van der Waals surface area contributed by atoms with E-state index in [-0.39, 0.29) is 34.7 Å². The molecule has 2 amide bonds. The number of methoxy groups -OCH3 is 2. The van der Waals surface area contributed by atoms with Gasteiger partial charge >= 0.3 is 0 Å². The van der Waals surface area contributed by atoms with Crippen LogP contribution >= 0.6 is 0 Å². The zero-order valence-electron chi connectivity index (χ0n) is 23.5. The molecule has 0 aliphatic heterocycles. The highest BCUT2D eigenvalue weighted by Crippen LogP contribution is 2.32. The van der Waals surface area contributed by atoms with Crippen LogP contribution in [0.25, 0.3) is 0 Å². The molecule has 3 rings (SSSR count). The Balaban J connectivity index is 2.04. The van der Waals surface area contributed by atoms with Crippen LogP contribution in [0, 0.1) is 5.92 Å². The van der Waals surface area contributed by atoms with E-state index in [1.54, 1.807) is 74.7 Å². The minimum absolute atomic E-state index is 0.0239. The summed E-state index contributed by atoms with van der Waals surface area (Å²) in [6.45, 7) is 5.54. The average Bonchev–Trinajstić information content (AvgIpc) is 2.97. The van der Waals surface area contributed by atoms with Gasteiger partial charge in [-0.3, -0.25) is 13.9 Å². The molecule has 0 aliphatic carbocycles. The summed E-state index contributed by atoms with van der Waals surface area (Å²) in [5.41, 5.74) is 0.936. The fourth-order valence-electron chi connectivity index (χ4n) is 4.07. The Morgan fingerprint density at radius 3 is 2.20 bits per heavy atom. The summed E-state index contributed by atoms with van der Waals surface area (Å²) in [6.07, 6.45) is 0. The van der Waals surface area contributed by atoms with Crippen molar-refractivity contribution in [3.8, 4) is 11.5 Å². The lowest BCUT2D eigenvalue weighted by Gasteiger charge is -2.32. The van der Waals surface area contributed by atoms with Gasteiger partial charge in [-0.05, 0) is 54.8 Å². The number of carbonyl (C=O) groups excluding carboxylic acids is 2. The maximum absolute atomic E-state index is 14.0. The molecular weight excluding hydrogens is 530 g/mol. The number of hydrogen-bond acceptors (Lipinski definition) is 6. The molecule has 0 saturated heterocycles. The number of benzene rings is 3. The van der Waals surface area contributed by atoms with Crippen LogP contribution in [0.1, 0.15) is 26.3 Å². The minimum Gasteiger partial charge on any atom is -0.497 e. The van der Waals surface area contributed by atoms with Crippen LogP contribution in [-0.2, 0) is 26.2 Å². The van der Waals surface area contributed by atoms with Crippen molar-refractivity contribution < 1.29 is 27.5 Å². The maximum Gasteiger partial charge on any atom is 0.264 e. The van der Waals surface area contributed by atoms with Crippen molar-refractivity contribution >= 4 is 27.5 Å². The van der Waals surface area contributed by atoms with E-state index in [9.17, 15) is 18.0 Å². The Morgan fingerprint density at radius 2 is 1.55 bits per heavy atom. The lowest BCUT2D eigenvalue weighted by Crippen LogP contribution is -2.51. The van der Waals surface area contributed by atoms with Crippen molar-refractivity contribution in [3.63, 3.8) is 0 Å². The van der Waals surface area contributed by atoms with E-state index >= 15 is 0 Å². The van der Waals surface area contributed by atoms with Gasteiger partial charge in [-0.2, -0.15) is 0 Å². The second kappa shape index (κ2) is 13.8. The smallest absolute Gasteiger partial charge is 0.264 e. The van der Waals surface area contributed by atoms with E-state index in [1.165, 1.54) is 24.1 Å². The van der Waals surface area contributed by atoms with Gasteiger partial charge in [0.2, 0.25) is 11.8 Å². The quantitative estimate of drug-likeness (QED) is 0.334. The van der Waals surface area contributed by atoms with Gasteiger partial charge in [-0.1, -0.05) is 56.3 Å². The lowest BCUT2D eigenvalue weighted by molar-refractivity contribution is -0.139. The summed E-state index contributed by atoms with van der Waals surface area (Å²) in [6, 6.07) is 20.8. The summed E-state index contributed by atoms with van der Waals surface area (Å²) < 4.78 is 39.6. The van der Waals surface area contributed by atoms with Gasteiger partial charge in [0.1, 0.15) is 24.1 Å². The third kappa shape index (κ3) is 7.53. The Kier molecular flexibility index (Phi) is 10.6. The number of hydrogen-bond donors (Lipinski definition) is 1. The zero-order valence-corrected chi connectivity index (χ0v) is 24.4. The molecule has 9 nitrogen and oxygen atoms in total. The number of carbonyl (C=O) groups is 2. The van der Waals surface area contributed by atoms with Gasteiger partial charge in [-0.25, -0.2) is 8.42 Å². The van der Waals surface area contributed by atoms with Gasteiger partial charge in [0, 0.05) is 13.1 Å². The highest BCUT2D eigenvalue weighted by Gasteiger charge is 2.33. The second-order valence-corrected chi connectivity index (χ2v) is 11.5. The fraction of sp³-hybridized carbons (Fsp3) is 0.333. The fourth-order valence-corrected chi connectivity index (χ4v) is 5.52. The van der Waals surface area contributed by atoms with Crippen LogP contribution < -0.4 is 19.1 Å². The van der Waals surface area contributed by atoms with E-state index in [4.69, 9.17) is 9.47 Å². The molecular formula is C30H37N3O6S. The predicted octanol–water partition coefficient (Wildman–Crippen LogP) is 4.09. The molecule has 0 heterocycles. The van der Waals surface area contributed by atoms with Gasteiger partial charge in [0.05, 0.1) is 24.8 Å². The molecule has 0 aromatic heterocycles. The van der Waals surface area contributed by atoms with Crippen LogP contribution in [-0.4, -0.2) is 58.5 Å². The SMILES string of the molecule is COc1cccc(CN(C(=O)CN(c2ccccc2OC)S(=O)(=O)c2ccccc2)[C@H](C)C(=O)NCC(C)C)c1. The van der Waals surface area contributed by atoms with Gasteiger partial charge in [0.15, 0.2) is 0 Å². The second-order valence-electron chi connectivity index (χ2n) is 9.68. The van der Waals surface area contributed by atoms with Crippen molar-refractivity contribution in [1.29, 1.82) is 0 Å². The third-order valence-electron chi connectivity index (χ3n) is 6.30. The van der Waals surface area contributed by atoms with E-state index in [0.29, 0.717) is 12.3 Å². The Morgan fingerprint density at radius 1 is 0.875 bits per heavy atom. The number of ether oxygens (including phenoxy) is 2. The number of nitrogens with one attached hydrogen (secondary N) is 1. The summed E-state index contributed by atoms with van der Waals surface area (Å²) in [4.78, 5) is 28.5. The number of para-hydroxylation sites is 2. The molecule has 3 aromatic rings. The van der Waals surface area contributed by atoms with Crippen LogP contribution in [0.2, 0.25) is 0 Å². The summed E-state index contributed by atoms with van der Waals surface area (Å²) in [7, 11) is -1.20. The highest BCUT2D eigenvalue weighted by atomic mass is 32.2. The van der Waals surface area contributed by atoms with Crippen molar-refractivity contribution in [2.24, 2.45) is 5.92 Å². The summed E-state index contributed by atoms with van der Waals surface area (Å²) in [5.74, 6) is 0.219. The van der Waals surface area contributed by atoms with Crippen LogP contribution in [0.3, 0.4) is 0 Å². The van der Waals surface area contributed by atoms with Gasteiger partial charge in [0.25, 0.3) is 10.0 Å². The first kappa shape index (κ1) is 30.5. The largest absolute Gasteiger partial charge is 0.497 e. The Labute approximate surface area is 236 Å². The van der Waals surface area contributed by atoms with Crippen LogP contribution in [0.4, 0.5) is 5.69 Å². The van der Waals surface area contributed by atoms with Crippen molar-refractivity contribution in [3.05, 3.63) is 84.4 Å².